The van der Waals surface area contributed by atoms with E-state index in [1.54, 1.807) is 12.1 Å². The van der Waals surface area contributed by atoms with Crippen LogP contribution < -0.4 is 0 Å². The van der Waals surface area contributed by atoms with Crippen LogP contribution in [0.25, 0.3) is 6.08 Å². The molecule has 0 radical (unpaired) electrons. The first-order valence-electron chi connectivity index (χ1n) is 7.92. The average Bonchev–Trinajstić information content (AvgIpc) is 2.50. The topological polar surface area (TPSA) is 37.3 Å². The van der Waals surface area contributed by atoms with E-state index in [0.29, 0.717) is 17.6 Å². The van der Waals surface area contributed by atoms with Crippen LogP contribution in [0.5, 0.6) is 0 Å². The fraction of sp³-hybridized carbons (Fsp3) is 0.421. The molecule has 0 amide bonds. The molecule has 0 heterocycles. The van der Waals surface area contributed by atoms with Gasteiger partial charge in [0, 0.05) is 16.6 Å². The summed E-state index contributed by atoms with van der Waals surface area (Å²) in [6, 6.07) is 4.48. The van der Waals surface area contributed by atoms with Crippen molar-refractivity contribution >= 4 is 23.5 Å². The highest BCUT2D eigenvalue weighted by molar-refractivity contribution is 6.32. The molecule has 122 valence electrons. The molecule has 0 spiro atoms. The second-order valence-corrected chi connectivity index (χ2v) is 7.15. The lowest BCUT2D eigenvalue weighted by Gasteiger charge is -2.45. The predicted octanol–water partition coefficient (Wildman–Crippen LogP) is 4.70. The molecule has 1 saturated carbocycles. The number of aliphatic hydroxyl groups excluding tert-OH is 1. The van der Waals surface area contributed by atoms with Crippen molar-refractivity contribution in [3.05, 3.63) is 51.3 Å². The van der Waals surface area contributed by atoms with Crippen molar-refractivity contribution in [1.29, 1.82) is 0 Å². The summed E-state index contributed by atoms with van der Waals surface area (Å²) >= 11 is 6.08. The smallest absolute Gasteiger partial charge is 0.184 e. The molecule has 2 atom stereocenters. The summed E-state index contributed by atoms with van der Waals surface area (Å²) in [5.41, 5.74) is 2.05. The van der Waals surface area contributed by atoms with Crippen molar-refractivity contribution < 1.29 is 14.3 Å². The van der Waals surface area contributed by atoms with Gasteiger partial charge >= 0.3 is 0 Å². The van der Waals surface area contributed by atoms with E-state index in [1.165, 1.54) is 12.1 Å². The van der Waals surface area contributed by atoms with Crippen molar-refractivity contribution in [2.45, 2.75) is 45.6 Å². The summed E-state index contributed by atoms with van der Waals surface area (Å²) in [5.74, 6) is -0.509. The van der Waals surface area contributed by atoms with E-state index in [2.05, 4.69) is 0 Å². The quantitative estimate of drug-likeness (QED) is 0.756. The highest BCUT2D eigenvalue weighted by atomic mass is 35.5. The second kappa shape index (κ2) is 5.88. The second-order valence-electron chi connectivity index (χ2n) is 6.74. The lowest BCUT2D eigenvalue weighted by Crippen LogP contribution is -2.42. The number of Topliss-reactive ketones (excluding diaryl/α,β-unsaturated/α-hetero) is 1. The van der Waals surface area contributed by atoms with Crippen molar-refractivity contribution in [2.24, 2.45) is 5.41 Å². The molecule has 23 heavy (non-hydrogen) atoms. The monoisotopic (exact) mass is 334 g/mol. The number of hydrogen-bond donors (Lipinski definition) is 1. The number of allylic oxidation sites excluding steroid dienone is 2. The third-order valence-electron chi connectivity index (χ3n) is 5.29. The molecule has 1 N–H and O–H groups in total. The van der Waals surface area contributed by atoms with Gasteiger partial charge in [-0.15, -0.1) is 0 Å². The van der Waals surface area contributed by atoms with Gasteiger partial charge in [0.25, 0.3) is 0 Å². The Morgan fingerprint density at radius 2 is 2.17 bits per heavy atom. The third-order valence-corrected chi connectivity index (χ3v) is 5.62. The minimum Gasteiger partial charge on any atom is -0.392 e. The molecule has 2 nitrogen and oxygen atoms in total. The maximum absolute atomic E-state index is 14.0. The van der Waals surface area contributed by atoms with Gasteiger partial charge in [0.15, 0.2) is 5.78 Å². The fourth-order valence-electron chi connectivity index (χ4n) is 3.91. The minimum atomic E-state index is -0.478. The van der Waals surface area contributed by atoms with Crippen LogP contribution in [0, 0.1) is 11.2 Å². The zero-order chi connectivity index (χ0) is 16.8. The van der Waals surface area contributed by atoms with Crippen molar-refractivity contribution in [3.63, 3.8) is 0 Å². The van der Waals surface area contributed by atoms with Gasteiger partial charge in [0.1, 0.15) is 5.82 Å². The van der Waals surface area contributed by atoms with E-state index in [4.69, 9.17) is 11.6 Å². The van der Waals surface area contributed by atoms with Crippen LogP contribution in [0.4, 0.5) is 4.39 Å². The van der Waals surface area contributed by atoms with Crippen LogP contribution in [0.2, 0.25) is 5.02 Å². The summed E-state index contributed by atoms with van der Waals surface area (Å²) in [5, 5.41) is 10.8. The zero-order valence-electron chi connectivity index (χ0n) is 13.3. The van der Waals surface area contributed by atoms with E-state index in [0.717, 1.165) is 24.8 Å². The SMILES string of the molecule is CC1=C2CCC[C@H](O)[C@@]2(C)CC(=Cc2c(F)cccc2Cl)C1=O. The van der Waals surface area contributed by atoms with Crippen LogP contribution in [-0.4, -0.2) is 17.0 Å². The van der Waals surface area contributed by atoms with Crippen LogP contribution in [0.3, 0.4) is 0 Å². The van der Waals surface area contributed by atoms with Crippen LogP contribution in [-0.2, 0) is 4.79 Å². The number of rotatable bonds is 1. The summed E-state index contributed by atoms with van der Waals surface area (Å²) in [6.07, 6.45) is 3.97. The van der Waals surface area contributed by atoms with Gasteiger partial charge in [-0.25, -0.2) is 4.39 Å². The third kappa shape index (κ3) is 2.66. The van der Waals surface area contributed by atoms with E-state index in [9.17, 15) is 14.3 Å². The molecular weight excluding hydrogens is 315 g/mol. The molecule has 3 rings (SSSR count). The molecule has 0 aliphatic heterocycles. The largest absolute Gasteiger partial charge is 0.392 e. The Kier molecular flexibility index (Phi) is 4.19. The van der Waals surface area contributed by atoms with Crippen molar-refractivity contribution in [3.8, 4) is 0 Å². The maximum Gasteiger partial charge on any atom is 0.184 e. The molecule has 2 aliphatic rings. The zero-order valence-corrected chi connectivity index (χ0v) is 14.1. The first kappa shape index (κ1) is 16.4. The molecule has 0 bridgehead atoms. The van der Waals surface area contributed by atoms with Gasteiger partial charge in [0.05, 0.1) is 11.1 Å². The van der Waals surface area contributed by atoms with Gasteiger partial charge < -0.3 is 5.11 Å². The highest BCUT2D eigenvalue weighted by Gasteiger charge is 2.45. The molecule has 2 aliphatic carbocycles. The number of benzene rings is 1. The summed E-state index contributed by atoms with van der Waals surface area (Å²) < 4.78 is 14.0. The lowest BCUT2D eigenvalue weighted by atomic mass is 9.61. The van der Waals surface area contributed by atoms with E-state index in [-0.39, 0.29) is 16.4 Å². The number of halogens is 2. The fourth-order valence-corrected chi connectivity index (χ4v) is 4.13. The Balaban J connectivity index is 2.11. The standard InChI is InChI=1S/C19H20ClFO2/c1-11-14-5-3-8-17(22)19(14,2)10-12(18(11)23)9-13-15(20)6-4-7-16(13)21/h4,6-7,9,17,22H,3,5,8,10H2,1-2H3/t17-,19-/m0/s1. The predicted molar refractivity (Wildman–Crippen MR) is 89.7 cm³/mol. The molecule has 1 fully saturated rings. The van der Waals surface area contributed by atoms with E-state index < -0.39 is 17.3 Å². The number of carbonyl (C=O) groups excluding carboxylic acids is 1. The van der Waals surface area contributed by atoms with Gasteiger partial charge in [0.2, 0.25) is 0 Å². The normalized spacial score (nSPS) is 29.9. The molecule has 0 saturated heterocycles. The highest BCUT2D eigenvalue weighted by Crippen LogP contribution is 2.50. The Morgan fingerprint density at radius 1 is 1.43 bits per heavy atom. The number of hydrogen-bond acceptors (Lipinski definition) is 2. The number of fused-ring (bicyclic) bond motifs is 1. The maximum atomic E-state index is 14.0. The van der Waals surface area contributed by atoms with Gasteiger partial charge in [-0.1, -0.05) is 30.2 Å². The van der Waals surface area contributed by atoms with Gasteiger partial charge in [-0.2, -0.15) is 0 Å². The van der Waals surface area contributed by atoms with Crippen LogP contribution in [0.15, 0.2) is 34.9 Å². The lowest BCUT2D eigenvalue weighted by molar-refractivity contribution is -0.113. The van der Waals surface area contributed by atoms with Crippen molar-refractivity contribution in [2.75, 3.05) is 0 Å². The Morgan fingerprint density at radius 3 is 2.87 bits per heavy atom. The van der Waals surface area contributed by atoms with Gasteiger partial charge in [-0.3, -0.25) is 4.79 Å². The summed E-state index contributed by atoms with van der Waals surface area (Å²) in [6.45, 7) is 3.81. The number of ketones is 1. The van der Waals surface area contributed by atoms with Crippen molar-refractivity contribution in [1.82, 2.24) is 0 Å². The molecule has 0 unspecified atom stereocenters. The van der Waals surface area contributed by atoms with Crippen LogP contribution >= 0.6 is 11.6 Å². The summed E-state index contributed by atoms with van der Waals surface area (Å²) in [4.78, 5) is 12.7. The van der Waals surface area contributed by atoms with E-state index in [1.807, 2.05) is 13.8 Å². The minimum absolute atomic E-state index is 0.0640. The number of carbonyl (C=O) groups is 1. The molecular formula is C19H20ClFO2. The Labute approximate surface area is 140 Å². The Hall–Kier alpha value is -1.45. The summed E-state index contributed by atoms with van der Waals surface area (Å²) in [7, 11) is 0. The molecule has 1 aromatic rings. The average molecular weight is 335 g/mol. The first-order chi connectivity index (χ1) is 10.8. The van der Waals surface area contributed by atoms with Gasteiger partial charge in [-0.05, 0) is 56.4 Å². The molecule has 4 heteroatoms. The van der Waals surface area contributed by atoms with E-state index >= 15 is 0 Å². The number of aliphatic hydroxyl groups is 1. The Bertz CT molecular complexity index is 715. The molecule has 1 aromatic carbocycles. The molecule has 0 aromatic heterocycles. The van der Waals surface area contributed by atoms with Crippen LogP contribution in [0.1, 0.15) is 45.1 Å². The first-order valence-corrected chi connectivity index (χ1v) is 8.30.